The van der Waals surface area contributed by atoms with Crippen molar-refractivity contribution in [2.75, 3.05) is 4.90 Å². The Morgan fingerprint density at radius 2 is 1.08 bits per heavy atom. The summed E-state index contributed by atoms with van der Waals surface area (Å²) in [4.78, 5) is 2.44. The number of rotatable bonds is 6. The molecule has 0 saturated heterocycles. The summed E-state index contributed by atoms with van der Waals surface area (Å²) in [5, 5.41) is 9.28. The van der Waals surface area contributed by atoms with Crippen molar-refractivity contribution in [1.29, 1.82) is 0 Å². The van der Waals surface area contributed by atoms with Gasteiger partial charge >= 0.3 is 0 Å². The van der Waals surface area contributed by atoms with E-state index in [-0.39, 0.29) is 0 Å². The first-order valence-electron chi connectivity index (χ1n) is 16.3. The Hall–Kier alpha value is -6.38. The second kappa shape index (κ2) is 11.2. The zero-order chi connectivity index (χ0) is 32.2. The molecule has 0 aliphatic carbocycles. The minimum absolute atomic E-state index is 0.854. The van der Waals surface area contributed by atoms with Crippen molar-refractivity contribution >= 4 is 83.5 Å². The van der Waals surface area contributed by atoms with Gasteiger partial charge in [0, 0.05) is 38.4 Å². The summed E-state index contributed by atoms with van der Waals surface area (Å²) in [5.74, 6) is 0. The van der Waals surface area contributed by atoms with Crippen molar-refractivity contribution in [2.45, 2.75) is 0 Å². The largest absolute Gasteiger partial charge is 0.455 e. The van der Waals surface area contributed by atoms with Crippen LogP contribution in [-0.4, -0.2) is 0 Å². The Balaban J connectivity index is 1.49. The van der Waals surface area contributed by atoms with Gasteiger partial charge < -0.3 is 9.32 Å². The number of anilines is 3. The molecule has 48 heavy (non-hydrogen) atoms. The van der Waals surface area contributed by atoms with Crippen LogP contribution in [-0.2, 0) is 0 Å². The summed E-state index contributed by atoms with van der Waals surface area (Å²) in [5.41, 5.74) is 9.28. The third kappa shape index (κ3) is 4.27. The molecule has 0 aliphatic rings. The average molecular weight is 614 g/mol. The standard InChI is InChI=1S/C46H31NO/c1-3-30-23-26-33(27-24-30)47(42-22-11-14-32-13-5-6-15-34(32)42)45-39-19-10-8-17-36(39)35-16-7-9-18-38(35)44(45)41-21-12-20-40-37-28-25-31(4-2)29-43(37)48-46(40)41/h3-29H,1-2H2. The molecule has 1 heterocycles. The van der Waals surface area contributed by atoms with Crippen molar-refractivity contribution in [2.24, 2.45) is 0 Å². The second-order valence-corrected chi connectivity index (χ2v) is 12.2. The summed E-state index contributed by atoms with van der Waals surface area (Å²) < 4.78 is 6.81. The summed E-state index contributed by atoms with van der Waals surface area (Å²) in [6.45, 7) is 8.01. The quantitative estimate of drug-likeness (QED) is 0.174. The lowest BCUT2D eigenvalue weighted by molar-refractivity contribution is 0.670. The van der Waals surface area contributed by atoms with Crippen LogP contribution in [0.5, 0.6) is 0 Å². The third-order valence-corrected chi connectivity index (χ3v) is 9.55. The summed E-state index contributed by atoms with van der Waals surface area (Å²) in [7, 11) is 0. The molecule has 0 aliphatic heterocycles. The molecule has 226 valence electrons. The van der Waals surface area contributed by atoms with E-state index in [9.17, 15) is 0 Å². The smallest absolute Gasteiger partial charge is 0.143 e. The number of furan rings is 1. The van der Waals surface area contributed by atoms with Gasteiger partial charge in [-0.3, -0.25) is 0 Å². The monoisotopic (exact) mass is 613 g/mol. The molecule has 9 aromatic rings. The van der Waals surface area contributed by atoms with E-state index in [1.165, 1.54) is 26.9 Å². The van der Waals surface area contributed by atoms with Crippen LogP contribution in [0.2, 0.25) is 0 Å². The fourth-order valence-corrected chi connectivity index (χ4v) is 7.32. The van der Waals surface area contributed by atoms with Crippen LogP contribution in [0, 0.1) is 0 Å². The molecule has 0 N–H and O–H groups in total. The van der Waals surface area contributed by atoms with Crippen LogP contribution in [0.3, 0.4) is 0 Å². The highest BCUT2D eigenvalue weighted by atomic mass is 16.3. The zero-order valence-electron chi connectivity index (χ0n) is 26.4. The van der Waals surface area contributed by atoms with E-state index in [1.807, 2.05) is 12.2 Å². The van der Waals surface area contributed by atoms with Gasteiger partial charge in [0.25, 0.3) is 0 Å². The molecule has 0 amide bonds. The molecule has 0 saturated carbocycles. The maximum Gasteiger partial charge on any atom is 0.143 e. The first kappa shape index (κ1) is 27.9. The summed E-state index contributed by atoms with van der Waals surface area (Å²) in [6, 6.07) is 54.3. The normalized spacial score (nSPS) is 11.5. The van der Waals surface area contributed by atoms with E-state index in [1.54, 1.807) is 0 Å². The van der Waals surface area contributed by atoms with E-state index in [0.717, 1.165) is 66.6 Å². The van der Waals surface area contributed by atoms with Gasteiger partial charge in [-0.25, -0.2) is 0 Å². The molecule has 0 atom stereocenters. The van der Waals surface area contributed by atoms with E-state index in [4.69, 9.17) is 4.42 Å². The van der Waals surface area contributed by atoms with Crippen LogP contribution < -0.4 is 4.90 Å². The lowest BCUT2D eigenvalue weighted by Crippen LogP contribution is -2.13. The molecule has 0 unspecified atom stereocenters. The molecule has 9 rings (SSSR count). The fourth-order valence-electron chi connectivity index (χ4n) is 7.32. The SMILES string of the molecule is C=Cc1ccc(N(c2cccc3ccccc23)c2c(-c3cccc4c3oc3cc(C=C)ccc34)c3ccccc3c3ccccc23)cc1. The van der Waals surface area contributed by atoms with Crippen molar-refractivity contribution < 1.29 is 4.42 Å². The number of benzene rings is 8. The van der Waals surface area contributed by atoms with Gasteiger partial charge in [0.2, 0.25) is 0 Å². The lowest BCUT2D eigenvalue weighted by atomic mass is 9.89. The van der Waals surface area contributed by atoms with E-state index < -0.39 is 0 Å². The molecular formula is C46H31NO. The number of para-hydroxylation sites is 1. The predicted molar refractivity (Wildman–Crippen MR) is 207 cm³/mol. The summed E-state index contributed by atoms with van der Waals surface area (Å²) in [6.07, 6.45) is 3.76. The van der Waals surface area contributed by atoms with E-state index in [2.05, 4.69) is 170 Å². The highest BCUT2D eigenvalue weighted by molar-refractivity contribution is 6.25. The Morgan fingerprint density at radius 1 is 0.479 bits per heavy atom. The second-order valence-electron chi connectivity index (χ2n) is 12.2. The van der Waals surface area contributed by atoms with Crippen LogP contribution in [0.4, 0.5) is 17.1 Å². The van der Waals surface area contributed by atoms with Crippen molar-refractivity contribution in [3.05, 3.63) is 176 Å². The number of hydrogen-bond donors (Lipinski definition) is 0. The number of nitrogens with zero attached hydrogens (tertiary/aromatic N) is 1. The van der Waals surface area contributed by atoms with Crippen molar-refractivity contribution in [3.63, 3.8) is 0 Å². The maximum atomic E-state index is 6.81. The van der Waals surface area contributed by atoms with Gasteiger partial charge in [-0.2, -0.15) is 0 Å². The average Bonchev–Trinajstić information content (AvgIpc) is 3.53. The molecule has 0 radical (unpaired) electrons. The maximum absolute atomic E-state index is 6.81. The third-order valence-electron chi connectivity index (χ3n) is 9.55. The topological polar surface area (TPSA) is 16.4 Å². The van der Waals surface area contributed by atoms with Gasteiger partial charge in [-0.15, -0.1) is 0 Å². The van der Waals surface area contributed by atoms with Gasteiger partial charge in [-0.05, 0) is 63.0 Å². The number of hydrogen-bond acceptors (Lipinski definition) is 2. The minimum atomic E-state index is 0.854. The van der Waals surface area contributed by atoms with Gasteiger partial charge in [-0.1, -0.05) is 147 Å². The van der Waals surface area contributed by atoms with Crippen LogP contribution in [0.1, 0.15) is 11.1 Å². The van der Waals surface area contributed by atoms with Crippen LogP contribution in [0.25, 0.3) is 77.5 Å². The first-order chi connectivity index (χ1) is 23.7. The predicted octanol–water partition coefficient (Wildman–Crippen LogP) is 13.5. The fraction of sp³-hybridized carbons (Fsp3) is 0. The lowest BCUT2D eigenvalue weighted by Gasteiger charge is -2.31. The molecule has 2 heteroatoms. The molecule has 0 bridgehead atoms. The highest BCUT2D eigenvalue weighted by Crippen LogP contribution is 2.52. The Kier molecular flexibility index (Phi) is 6.48. The molecule has 2 nitrogen and oxygen atoms in total. The Bertz CT molecular complexity index is 2710. The van der Waals surface area contributed by atoms with Gasteiger partial charge in [0.1, 0.15) is 11.2 Å². The molecule has 1 aromatic heterocycles. The van der Waals surface area contributed by atoms with E-state index in [0.29, 0.717) is 0 Å². The van der Waals surface area contributed by atoms with Crippen LogP contribution >= 0.6 is 0 Å². The molecule has 8 aromatic carbocycles. The van der Waals surface area contributed by atoms with Crippen molar-refractivity contribution in [1.82, 2.24) is 0 Å². The Morgan fingerprint density at radius 3 is 1.85 bits per heavy atom. The molecular weight excluding hydrogens is 583 g/mol. The molecule has 0 spiro atoms. The minimum Gasteiger partial charge on any atom is -0.455 e. The highest BCUT2D eigenvalue weighted by Gasteiger charge is 2.26. The van der Waals surface area contributed by atoms with Crippen LogP contribution in [0.15, 0.2) is 169 Å². The van der Waals surface area contributed by atoms with Gasteiger partial charge in [0.15, 0.2) is 0 Å². The molecule has 0 fully saturated rings. The first-order valence-corrected chi connectivity index (χ1v) is 16.3. The summed E-state index contributed by atoms with van der Waals surface area (Å²) >= 11 is 0. The van der Waals surface area contributed by atoms with E-state index >= 15 is 0 Å². The van der Waals surface area contributed by atoms with Crippen molar-refractivity contribution in [3.8, 4) is 11.1 Å². The zero-order valence-corrected chi connectivity index (χ0v) is 26.4. The Labute approximate surface area is 279 Å². The number of fused-ring (bicyclic) bond motifs is 7. The van der Waals surface area contributed by atoms with Gasteiger partial charge in [0.05, 0.1) is 11.4 Å².